The third kappa shape index (κ3) is 9.12. The molecule has 0 fully saturated rings. The van der Waals surface area contributed by atoms with Crippen molar-refractivity contribution in [2.45, 2.75) is 91.8 Å². The van der Waals surface area contributed by atoms with Crippen LogP contribution >= 0.6 is 7.44 Å². The van der Waals surface area contributed by atoms with Crippen LogP contribution in [0.5, 0.6) is 0 Å². The van der Waals surface area contributed by atoms with Crippen LogP contribution < -0.4 is 15.9 Å². The van der Waals surface area contributed by atoms with Gasteiger partial charge < -0.3 is 24.5 Å². The van der Waals surface area contributed by atoms with Gasteiger partial charge in [0.05, 0.1) is 37.6 Å². The van der Waals surface area contributed by atoms with Gasteiger partial charge in [0.25, 0.3) is 0 Å². The van der Waals surface area contributed by atoms with Crippen LogP contribution in [0.2, 0.25) is 0 Å². The second kappa shape index (κ2) is 13.1. The Morgan fingerprint density at radius 1 is 1.03 bits per heavy atom. The van der Waals surface area contributed by atoms with E-state index < -0.39 is 37.6 Å². The molecule has 2 heterocycles. The molecule has 4 N–H and O–H groups in total. The minimum atomic E-state index is -3.52. The minimum Gasteiger partial charge on any atom is -0.463 e. The van der Waals surface area contributed by atoms with E-state index in [1.165, 1.54) is 6.33 Å². The Bertz CT molecular complexity index is 1080. The van der Waals surface area contributed by atoms with Crippen LogP contribution in [0.4, 0.5) is 5.82 Å². The number of hydrogen-bond donors (Lipinski definition) is 3. The van der Waals surface area contributed by atoms with E-state index in [2.05, 4.69) is 25.1 Å². The summed E-state index contributed by atoms with van der Waals surface area (Å²) >= 11 is 0. The molecule has 0 aliphatic heterocycles. The highest BCUT2D eigenvalue weighted by molar-refractivity contribution is 7.59. The molecular formula is C22H38N7O6P. The fourth-order valence-electron chi connectivity index (χ4n) is 3.37. The van der Waals surface area contributed by atoms with Crippen molar-refractivity contribution in [3.63, 3.8) is 0 Å². The van der Waals surface area contributed by atoms with Gasteiger partial charge in [0, 0.05) is 6.04 Å². The van der Waals surface area contributed by atoms with Crippen LogP contribution in [0.25, 0.3) is 11.2 Å². The first-order chi connectivity index (χ1) is 16.8. The molecular weight excluding hydrogens is 489 g/mol. The van der Waals surface area contributed by atoms with Gasteiger partial charge in [-0.25, -0.2) is 25.1 Å². The van der Waals surface area contributed by atoms with Gasteiger partial charge in [-0.2, -0.15) is 0 Å². The number of nitrogen functional groups attached to an aromatic ring is 1. The molecule has 14 heteroatoms. The Hall–Kier alpha value is -2.60. The summed E-state index contributed by atoms with van der Waals surface area (Å²) in [6.45, 7) is 12.4. The van der Waals surface area contributed by atoms with Crippen LogP contribution in [0, 0.1) is 0 Å². The van der Waals surface area contributed by atoms with Gasteiger partial charge in [-0.05, 0) is 48.5 Å². The van der Waals surface area contributed by atoms with Crippen molar-refractivity contribution < 1.29 is 28.4 Å². The number of aromatic nitrogens is 4. The monoisotopic (exact) mass is 527 g/mol. The van der Waals surface area contributed by atoms with E-state index in [1.54, 1.807) is 59.4 Å². The van der Waals surface area contributed by atoms with Gasteiger partial charge in [-0.1, -0.05) is 0 Å². The van der Waals surface area contributed by atoms with Gasteiger partial charge >= 0.3 is 11.9 Å². The number of hydrogen-bond acceptors (Lipinski definition) is 10. The summed E-state index contributed by atoms with van der Waals surface area (Å²) in [4.78, 5) is 36.8. The highest BCUT2D eigenvalue weighted by Gasteiger charge is 2.31. The summed E-state index contributed by atoms with van der Waals surface area (Å²) in [5.41, 5.74) is 6.88. The van der Waals surface area contributed by atoms with E-state index >= 15 is 0 Å². The number of esters is 2. The lowest BCUT2D eigenvalue weighted by Crippen LogP contribution is -2.41. The Morgan fingerprint density at radius 3 is 2.33 bits per heavy atom. The molecule has 202 valence electrons. The molecule has 0 aliphatic rings. The number of carbonyl (C=O) groups excluding carboxylic acids is 2. The first kappa shape index (κ1) is 29.6. The summed E-state index contributed by atoms with van der Waals surface area (Å²) in [7, 11) is -3.52. The second-order valence-electron chi connectivity index (χ2n) is 9.28. The normalized spacial score (nSPS) is 16.0. The Labute approximate surface area is 211 Å². The summed E-state index contributed by atoms with van der Waals surface area (Å²) < 4.78 is 31.9. The van der Waals surface area contributed by atoms with Crippen LogP contribution in [0.15, 0.2) is 12.7 Å². The fraction of sp³-hybridized carbons (Fsp3) is 0.682. The van der Waals surface area contributed by atoms with Gasteiger partial charge in [-0.15, -0.1) is 0 Å². The highest BCUT2D eigenvalue weighted by atomic mass is 31.2. The zero-order valence-electron chi connectivity index (χ0n) is 21.9. The van der Waals surface area contributed by atoms with Crippen molar-refractivity contribution in [1.82, 2.24) is 29.7 Å². The molecule has 36 heavy (non-hydrogen) atoms. The van der Waals surface area contributed by atoms with E-state index in [-0.39, 0.29) is 30.8 Å². The topological polar surface area (TPSA) is 173 Å². The van der Waals surface area contributed by atoms with Gasteiger partial charge in [0.2, 0.25) is 7.44 Å². The second-order valence-corrected chi connectivity index (χ2v) is 11.5. The Balaban J connectivity index is 2.09. The van der Waals surface area contributed by atoms with Crippen molar-refractivity contribution in [3.8, 4) is 0 Å². The molecule has 2 aromatic rings. The van der Waals surface area contributed by atoms with Crippen LogP contribution in [-0.4, -0.2) is 68.2 Å². The molecule has 0 saturated heterocycles. The quantitative estimate of drug-likeness (QED) is 0.242. The van der Waals surface area contributed by atoms with Gasteiger partial charge in [0.1, 0.15) is 24.2 Å². The maximum Gasteiger partial charge on any atom is 0.323 e. The molecule has 2 rings (SSSR count). The number of nitrogens with two attached hydrogens (primary N) is 1. The van der Waals surface area contributed by atoms with Crippen LogP contribution in [0.1, 0.15) is 54.9 Å². The van der Waals surface area contributed by atoms with Crippen LogP contribution in [-0.2, 0) is 34.9 Å². The number of nitrogens with one attached hydrogen (secondary N) is 2. The predicted molar refractivity (Wildman–Crippen MR) is 135 cm³/mol. The number of nitrogens with zero attached hydrogens (tertiary/aromatic N) is 4. The first-order valence-electron chi connectivity index (χ1n) is 11.9. The van der Waals surface area contributed by atoms with E-state index in [0.29, 0.717) is 17.7 Å². The molecule has 0 radical (unpaired) electrons. The van der Waals surface area contributed by atoms with Crippen molar-refractivity contribution >= 4 is 36.4 Å². The summed E-state index contributed by atoms with van der Waals surface area (Å²) in [5.74, 6) is -0.696. The van der Waals surface area contributed by atoms with Crippen LogP contribution in [0.3, 0.4) is 0 Å². The highest BCUT2D eigenvalue weighted by Crippen LogP contribution is 2.38. The largest absolute Gasteiger partial charge is 0.463 e. The molecule has 4 unspecified atom stereocenters. The summed E-state index contributed by atoms with van der Waals surface area (Å²) in [6.07, 6.45) is 1.69. The standard InChI is InChI=1S/C22H38N7O6P/c1-13(2)34-18(30)8-15(5)27-36(32,28-17(7)22(31)35-14(3)4)12-33-16(6)9-29-11-26-19-20(23)24-10-25-21(19)29/h10-11,13-17H,8-9,12H2,1-7H3,(H2,23,24,25)(H2,27,28,32). The third-order valence-electron chi connectivity index (χ3n) is 4.80. The maximum absolute atomic E-state index is 13.8. The molecule has 0 bridgehead atoms. The summed E-state index contributed by atoms with van der Waals surface area (Å²) in [6, 6.07) is -1.39. The Morgan fingerprint density at radius 2 is 1.69 bits per heavy atom. The molecule has 13 nitrogen and oxygen atoms in total. The van der Waals surface area contributed by atoms with E-state index in [9.17, 15) is 14.2 Å². The molecule has 0 aromatic carbocycles. The smallest absolute Gasteiger partial charge is 0.323 e. The lowest BCUT2D eigenvalue weighted by Gasteiger charge is -2.28. The van der Waals surface area contributed by atoms with Crippen molar-refractivity contribution in [2.24, 2.45) is 0 Å². The molecule has 0 amide bonds. The SMILES string of the molecule is CC(CC(=O)OC(C)C)NP(=O)(COC(C)Cn1cnc2c(N)ncnc21)NC(C)C(=O)OC(C)C. The lowest BCUT2D eigenvalue weighted by molar-refractivity contribution is -0.149. The maximum atomic E-state index is 13.8. The number of rotatable bonds is 14. The molecule has 0 spiro atoms. The number of carbonyl (C=O) groups is 2. The predicted octanol–water partition coefficient (Wildman–Crippen LogP) is 2.21. The van der Waals surface area contributed by atoms with Crippen molar-refractivity contribution in [1.29, 1.82) is 0 Å². The van der Waals surface area contributed by atoms with Crippen molar-refractivity contribution in [2.75, 3.05) is 12.1 Å². The van der Waals surface area contributed by atoms with Gasteiger partial charge in [0.15, 0.2) is 11.5 Å². The minimum absolute atomic E-state index is 0.00756. The van der Waals surface area contributed by atoms with Crippen molar-refractivity contribution in [3.05, 3.63) is 12.7 Å². The first-order valence-corrected chi connectivity index (χ1v) is 13.8. The molecule has 0 saturated carbocycles. The van der Waals surface area contributed by atoms with Gasteiger partial charge in [-0.3, -0.25) is 14.2 Å². The molecule has 2 aromatic heterocycles. The number of imidazole rings is 1. The average Bonchev–Trinajstić information content (AvgIpc) is 3.15. The zero-order valence-corrected chi connectivity index (χ0v) is 22.8. The lowest BCUT2D eigenvalue weighted by atomic mass is 10.2. The zero-order chi connectivity index (χ0) is 27.0. The van der Waals surface area contributed by atoms with E-state index in [1.807, 2.05) is 0 Å². The van der Waals surface area contributed by atoms with E-state index in [0.717, 1.165) is 0 Å². The molecule has 4 atom stereocenters. The number of ether oxygens (including phenoxy) is 3. The summed E-state index contributed by atoms with van der Waals surface area (Å²) in [5, 5.41) is 5.77. The molecule has 0 aliphatic carbocycles. The Kier molecular flexibility index (Phi) is 10.8. The fourth-order valence-corrected chi connectivity index (χ4v) is 5.59. The average molecular weight is 528 g/mol. The number of anilines is 1. The third-order valence-corrected chi connectivity index (χ3v) is 6.98. The number of fused-ring (bicyclic) bond motifs is 1. The van der Waals surface area contributed by atoms with E-state index in [4.69, 9.17) is 19.9 Å².